The van der Waals surface area contributed by atoms with Crippen LogP contribution in [-0.4, -0.2) is 19.9 Å². The quantitative estimate of drug-likeness (QED) is 0.431. The van der Waals surface area contributed by atoms with Crippen molar-refractivity contribution in [2.75, 3.05) is 0 Å². The molecule has 3 aromatic heterocycles. The number of hydrogen-bond donors (Lipinski definition) is 0. The summed E-state index contributed by atoms with van der Waals surface area (Å²) in [5, 5.41) is 4.43. The first-order valence-corrected chi connectivity index (χ1v) is 7.74. The minimum atomic E-state index is 0.773. The summed E-state index contributed by atoms with van der Waals surface area (Å²) in [7, 11) is 0. The lowest BCUT2D eigenvalue weighted by molar-refractivity contribution is 1.19. The van der Waals surface area contributed by atoms with Gasteiger partial charge < -0.3 is 0 Å². The number of rotatable bonds is 1. The van der Waals surface area contributed by atoms with Crippen LogP contribution in [0, 0.1) is 0 Å². The summed E-state index contributed by atoms with van der Waals surface area (Å²) in [5.74, 6) is 0. The maximum atomic E-state index is 4.89. The maximum absolute atomic E-state index is 4.89. The van der Waals surface area contributed by atoms with Crippen LogP contribution in [0.4, 0.5) is 0 Å². The third-order valence-corrected chi connectivity index (χ3v) is 4.26. The fraction of sp³-hybridized carbons (Fsp3) is 0. The van der Waals surface area contributed by atoms with Crippen molar-refractivity contribution in [1.29, 1.82) is 0 Å². The SMILES string of the molecule is c1ccc2c(c1)c1ncccc1c1ccc(-c3cnccn3)nc21. The summed E-state index contributed by atoms with van der Waals surface area (Å²) in [6.07, 6.45) is 6.92. The highest BCUT2D eigenvalue weighted by Crippen LogP contribution is 2.33. The second kappa shape index (κ2) is 5.06. The molecule has 112 valence electrons. The molecule has 24 heavy (non-hydrogen) atoms. The highest BCUT2D eigenvalue weighted by molar-refractivity contribution is 6.23. The molecule has 0 bridgehead atoms. The number of benzene rings is 2. The van der Waals surface area contributed by atoms with Crippen LogP contribution in [0.1, 0.15) is 0 Å². The molecule has 5 rings (SSSR count). The van der Waals surface area contributed by atoms with Crippen LogP contribution >= 0.6 is 0 Å². The maximum Gasteiger partial charge on any atom is 0.107 e. The van der Waals surface area contributed by atoms with Crippen LogP contribution in [-0.2, 0) is 0 Å². The van der Waals surface area contributed by atoms with Crippen LogP contribution in [0.15, 0.2) is 73.3 Å². The lowest BCUT2D eigenvalue weighted by Crippen LogP contribution is -1.92. The van der Waals surface area contributed by atoms with Gasteiger partial charge in [-0.15, -0.1) is 0 Å². The Kier molecular flexibility index (Phi) is 2.76. The molecule has 0 saturated carbocycles. The van der Waals surface area contributed by atoms with Crippen molar-refractivity contribution in [2.45, 2.75) is 0 Å². The Labute approximate surface area is 137 Å². The van der Waals surface area contributed by atoms with Gasteiger partial charge in [0.2, 0.25) is 0 Å². The number of nitrogens with zero attached hydrogens (tertiary/aromatic N) is 4. The fourth-order valence-electron chi connectivity index (χ4n) is 3.19. The zero-order valence-electron chi connectivity index (χ0n) is 12.7. The molecule has 0 unspecified atom stereocenters. The molecule has 0 atom stereocenters. The van der Waals surface area contributed by atoms with Gasteiger partial charge in [0, 0.05) is 40.1 Å². The van der Waals surface area contributed by atoms with E-state index in [0.717, 1.165) is 44.0 Å². The monoisotopic (exact) mass is 308 g/mol. The van der Waals surface area contributed by atoms with E-state index >= 15 is 0 Å². The first kappa shape index (κ1) is 13.1. The Hall–Kier alpha value is -3.40. The van der Waals surface area contributed by atoms with E-state index < -0.39 is 0 Å². The topological polar surface area (TPSA) is 51.6 Å². The van der Waals surface area contributed by atoms with E-state index in [-0.39, 0.29) is 0 Å². The number of aromatic nitrogens is 4. The molecular formula is C20H12N4. The van der Waals surface area contributed by atoms with Crippen LogP contribution in [0.3, 0.4) is 0 Å². The van der Waals surface area contributed by atoms with Crippen LogP contribution in [0.5, 0.6) is 0 Å². The van der Waals surface area contributed by atoms with Gasteiger partial charge in [-0.1, -0.05) is 30.3 Å². The Balaban J connectivity index is 1.96. The van der Waals surface area contributed by atoms with Gasteiger partial charge in [0.05, 0.1) is 22.9 Å². The van der Waals surface area contributed by atoms with Crippen molar-refractivity contribution in [1.82, 2.24) is 19.9 Å². The Morgan fingerprint density at radius 2 is 1.29 bits per heavy atom. The molecule has 3 heterocycles. The molecule has 0 N–H and O–H groups in total. The van der Waals surface area contributed by atoms with E-state index in [1.54, 1.807) is 18.6 Å². The van der Waals surface area contributed by atoms with Gasteiger partial charge in [-0.25, -0.2) is 4.98 Å². The van der Waals surface area contributed by atoms with Gasteiger partial charge in [-0.2, -0.15) is 0 Å². The standard InChI is InChI=1S/C20H12N4/c1-2-5-15-13(4-1)19-14(6-3-9-23-19)16-7-8-17(24-20(15)16)18-12-21-10-11-22-18/h1-12H. The largest absolute Gasteiger partial charge is 0.261 e. The summed E-state index contributed by atoms with van der Waals surface area (Å²) in [6.45, 7) is 0. The van der Waals surface area contributed by atoms with Gasteiger partial charge in [-0.3, -0.25) is 15.0 Å². The highest BCUT2D eigenvalue weighted by Gasteiger charge is 2.11. The summed E-state index contributed by atoms with van der Waals surface area (Å²) >= 11 is 0. The molecule has 0 aliphatic heterocycles. The van der Waals surface area contributed by atoms with Crippen molar-refractivity contribution in [3.05, 3.63) is 73.3 Å². The summed E-state index contributed by atoms with van der Waals surface area (Å²) in [4.78, 5) is 18.0. The molecule has 0 radical (unpaired) electrons. The zero-order chi connectivity index (χ0) is 15.9. The lowest BCUT2D eigenvalue weighted by atomic mass is 10.00. The molecule has 0 fully saturated rings. The molecule has 2 aromatic carbocycles. The first-order chi connectivity index (χ1) is 11.9. The summed E-state index contributed by atoms with van der Waals surface area (Å²) in [6, 6.07) is 16.4. The van der Waals surface area contributed by atoms with Crippen molar-refractivity contribution in [3.8, 4) is 11.4 Å². The average molecular weight is 308 g/mol. The molecular weight excluding hydrogens is 296 g/mol. The molecule has 0 amide bonds. The predicted molar refractivity (Wildman–Crippen MR) is 95.6 cm³/mol. The average Bonchev–Trinajstić information content (AvgIpc) is 2.68. The van der Waals surface area contributed by atoms with Gasteiger partial charge in [0.1, 0.15) is 5.69 Å². The highest BCUT2D eigenvalue weighted by atomic mass is 14.8. The van der Waals surface area contributed by atoms with Crippen molar-refractivity contribution < 1.29 is 0 Å². The van der Waals surface area contributed by atoms with E-state index in [9.17, 15) is 0 Å². The van der Waals surface area contributed by atoms with Crippen LogP contribution in [0.2, 0.25) is 0 Å². The zero-order valence-corrected chi connectivity index (χ0v) is 12.7. The second-order valence-corrected chi connectivity index (χ2v) is 5.63. The molecule has 5 aromatic rings. The van der Waals surface area contributed by atoms with E-state index in [1.165, 1.54) is 0 Å². The Morgan fingerprint density at radius 3 is 2.08 bits per heavy atom. The third-order valence-electron chi connectivity index (χ3n) is 4.26. The first-order valence-electron chi connectivity index (χ1n) is 7.74. The van der Waals surface area contributed by atoms with Crippen molar-refractivity contribution in [3.63, 3.8) is 0 Å². The molecule has 0 saturated heterocycles. The predicted octanol–water partition coefficient (Wildman–Crippen LogP) is 4.39. The minimum Gasteiger partial charge on any atom is -0.261 e. The second-order valence-electron chi connectivity index (χ2n) is 5.63. The van der Waals surface area contributed by atoms with E-state index in [0.29, 0.717) is 0 Å². The summed E-state index contributed by atoms with van der Waals surface area (Å²) in [5.41, 5.74) is 3.57. The molecule has 0 aliphatic rings. The van der Waals surface area contributed by atoms with Gasteiger partial charge >= 0.3 is 0 Å². The molecule has 4 nitrogen and oxygen atoms in total. The van der Waals surface area contributed by atoms with Crippen LogP contribution in [0.25, 0.3) is 44.0 Å². The van der Waals surface area contributed by atoms with Gasteiger partial charge in [0.15, 0.2) is 0 Å². The van der Waals surface area contributed by atoms with E-state index in [2.05, 4.69) is 39.2 Å². The normalized spacial score (nSPS) is 11.3. The number of pyridine rings is 2. The third kappa shape index (κ3) is 1.86. The number of fused-ring (bicyclic) bond motifs is 6. The molecule has 0 aliphatic carbocycles. The minimum absolute atomic E-state index is 0.773. The van der Waals surface area contributed by atoms with E-state index in [1.807, 2.05) is 30.5 Å². The van der Waals surface area contributed by atoms with E-state index in [4.69, 9.17) is 4.98 Å². The van der Waals surface area contributed by atoms with Crippen molar-refractivity contribution in [2.24, 2.45) is 0 Å². The lowest BCUT2D eigenvalue weighted by Gasteiger charge is -2.09. The van der Waals surface area contributed by atoms with Gasteiger partial charge in [-0.05, 0) is 18.2 Å². The summed E-state index contributed by atoms with van der Waals surface area (Å²) < 4.78 is 0. The van der Waals surface area contributed by atoms with Gasteiger partial charge in [0.25, 0.3) is 0 Å². The fourth-order valence-corrected chi connectivity index (χ4v) is 3.19. The Bertz CT molecular complexity index is 1160. The number of hydrogen-bond acceptors (Lipinski definition) is 4. The van der Waals surface area contributed by atoms with Crippen LogP contribution < -0.4 is 0 Å². The van der Waals surface area contributed by atoms with Crippen molar-refractivity contribution >= 4 is 32.6 Å². The molecule has 0 spiro atoms. The molecule has 4 heteroatoms. The Morgan fingerprint density at radius 1 is 0.542 bits per heavy atom. The smallest absolute Gasteiger partial charge is 0.107 e.